The van der Waals surface area contributed by atoms with Gasteiger partial charge in [-0.2, -0.15) is 5.10 Å². The summed E-state index contributed by atoms with van der Waals surface area (Å²) >= 11 is 0. The third kappa shape index (κ3) is 4.03. The minimum Gasteiger partial charge on any atom is -0.441 e. The number of aryl methyl sites for hydroxylation is 1. The van der Waals surface area contributed by atoms with Crippen molar-refractivity contribution in [2.75, 3.05) is 6.54 Å². The molecule has 1 aromatic carbocycles. The third-order valence-corrected chi connectivity index (χ3v) is 4.69. The van der Waals surface area contributed by atoms with Gasteiger partial charge in [-0.3, -0.25) is 10.3 Å². The van der Waals surface area contributed by atoms with E-state index in [4.69, 9.17) is 11.2 Å². The van der Waals surface area contributed by atoms with Crippen molar-refractivity contribution in [1.29, 1.82) is 0 Å². The van der Waals surface area contributed by atoms with E-state index >= 15 is 0 Å². The fourth-order valence-corrected chi connectivity index (χ4v) is 3.27. The number of hydrogen-bond acceptors (Lipinski definition) is 4. The molecule has 27 heavy (non-hydrogen) atoms. The van der Waals surface area contributed by atoms with Gasteiger partial charge in [0.25, 0.3) is 0 Å². The van der Waals surface area contributed by atoms with Crippen molar-refractivity contribution in [3.8, 4) is 12.3 Å². The van der Waals surface area contributed by atoms with Crippen LogP contribution in [0.3, 0.4) is 0 Å². The first kappa shape index (κ1) is 18.7. The van der Waals surface area contributed by atoms with Gasteiger partial charge in [-0.05, 0) is 43.2 Å². The highest BCUT2D eigenvalue weighted by atomic mass is 19.1. The maximum atomic E-state index is 13.5. The molecule has 0 aliphatic carbocycles. The Morgan fingerprint density at radius 1 is 1.52 bits per heavy atom. The third-order valence-electron chi connectivity index (χ3n) is 4.69. The minimum atomic E-state index is -0.407. The lowest BCUT2D eigenvalue weighted by Crippen LogP contribution is -2.49. The van der Waals surface area contributed by atoms with Gasteiger partial charge < -0.3 is 4.74 Å². The number of hydrazone groups is 1. The Hall–Kier alpha value is -3.07. The van der Waals surface area contributed by atoms with Gasteiger partial charge in [-0.25, -0.2) is 9.18 Å². The van der Waals surface area contributed by atoms with E-state index in [9.17, 15) is 9.18 Å². The molecule has 1 amide bonds. The summed E-state index contributed by atoms with van der Waals surface area (Å²) in [5, 5.41) is 4.32. The smallest absolute Gasteiger partial charge is 0.412 e. The predicted molar refractivity (Wildman–Crippen MR) is 102 cm³/mol. The van der Waals surface area contributed by atoms with Gasteiger partial charge in [-0.1, -0.05) is 24.1 Å². The number of amides is 1. The SMILES string of the molecule is C#C/C=C(\C=C/C)C1=NNC(N2CCC(c3ccc(F)c(C)c3)OC2=O)C1. The quantitative estimate of drug-likeness (QED) is 0.650. The molecule has 1 aromatic rings. The van der Waals surface area contributed by atoms with Crippen LogP contribution in [0.1, 0.15) is 37.0 Å². The molecule has 1 fully saturated rings. The summed E-state index contributed by atoms with van der Waals surface area (Å²) in [7, 11) is 0. The minimum absolute atomic E-state index is 0.265. The fourth-order valence-electron chi connectivity index (χ4n) is 3.27. The molecule has 2 heterocycles. The molecule has 0 bridgehead atoms. The van der Waals surface area contributed by atoms with Crippen molar-refractivity contribution in [1.82, 2.24) is 10.3 Å². The highest BCUT2D eigenvalue weighted by Crippen LogP contribution is 2.30. The van der Waals surface area contributed by atoms with Crippen molar-refractivity contribution in [3.05, 3.63) is 58.9 Å². The van der Waals surface area contributed by atoms with Gasteiger partial charge in [0.1, 0.15) is 18.1 Å². The highest BCUT2D eigenvalue weighted by molar-refractivity contribution is 6.04. The number of hydrogen-bond donors (Lipinski definition) is 1. The molecule has 2 aliphatic rings. The maximum absolute atomic E-state index is 13.5. The molecule has 0 aromatic heterocycles. The molecular weight excluding hydrogens is 345 g/mol. The summed E-state index contributed by atoms with van der Waals surface area (Å²) in [6.45, 7) is 4.13. The van der Waals surface area contributed by atoms with Crippen LogP contribution in [0.15, 0.2) is 47.1 Å². The number of cyclic esters (lactones) is 1. The first-order valence-electron chi connectivity index (χ1n) is 8.88. The van der Waals surface area contributed by atoms with Gasteiger partial charge in [0.05, 0.1) is 5.71 Å². The van der Waals surface area contributed by atoms with Crippen molar-refractivity contribution in [2.24, 2.45) is 5.10 Å². The lowest BCUT2D eigenvalue weighted by Gasteiger charge is -2.35. The highest BCUT2D eigenvalue weighted by Gasteiger charge is 2.35. The largest absolute Gasteiger partial charge is 0.441 e. The summed E-state index contributed by atoms with van der Waals surface area (Å²) < 4.78 is 19.1. The monoisotopic (exact) mass is 367 g/mol. The summed E-state index contributed by atoms with van der Waals surface area (Å²) in [6.07, 6.45) is 11.0. The first-order valence-corrected chi connectivity index (χ1v) is 8.88. The molecule has 1 saturated heterocycles. The summed E-state index contributed by atoms with van der Waals surface area (Å²) in [5.74, 6) is 2.25. The van der Waals surface area contributed by atoms with E-state index in [2.05, 4.69) is 16.4 Å². The number of carbonyl (C=O) groups excluding carboxylic acids is 1. The number of halogens is 1. The van der Waals surface area contributed by atoms with Crippen LogP contribution >= 0.6 is 0 Å². The molecule has 6 heteroatoms. The average molecular weight is 367 g/mol. The van der Waals surface area contributed by atoms with Crippen LogP contribution in [-0.4, -0.2) is 29.4 Å². The summed E-state index contributed by atoms with van der Waals surface area (Å²) in [6, 6.07) is 4.80. The molecule has 2 atom stereocenters. The summed E-state index contributed by atoms with van der Waals surface area (Å²) in [4.78, 5) is 14.2. The molecule has 2 aliphatic heterocycles. The Morgan fingerprint density at radius 3 is 3.00 bits per heavy atom. The second-order valence-corrected chi connectivity index (χ2v) is 6.54. The summed E-state index contributed by atoms with van der Waals surface area (Å²) in [5.41, 5.74) is 6.00. The van der Waals surface area contributed by atoms with Crippen LogP contribution in [0.2, 0.25) is 0 Å². The number of nitrogens with one attached hydrogen (secondary N) is 1. The standard InChI is InChI=1S/C21H22FN3O2/c1-4-6-15(7-5-2)18-13-20(24-23-18)25-11-10-19(27-21(25)26)16-8-9-17(22)14(3)12-16/h1,5-9,12,19-20,24H,10-11,13H2,2-3H3/b7-5-,15-6+. The Labute approximate surface area is 158 Å². The van der Waals surface area contributed by atoms with Crippen LogP contribution in [0.5, 0.6) is 0 Å². The lowest BCUT2D eigenvalue weighted by molar-refractivity contribution is 0.00773. The molecule has 140 valence electrons. The van der Waals surface area contributed by atoms with Crippen molar-refractivity contribution < 1.29 is 13.9 Å². The van der Waals surface area contributed by atoms with E-state index in [1.165, 1.54) is 6.07 Å². The topological polar surface area (TPSA) is 53.9 Å². The molecule has 2 unspecified atom stereocenters. The van der Waals surface area contributed by atoms with Gasteiger partial charge in [0.15, 0.2) is 0 Å². The zero-order valence-electron chi connectivity index (χ0n) is 15.4. The van der Waals surface area contributed by atoms with E-state index < -0.39 is 6.09 Å². The van der Waals surface area contributed by atoms with Gasteiger partial charge >= 0.3 is 6.09 Å². The number of rotatable bonds is 4. The zero-order chi connectivity index (χ0) is 19.4. The van der Waals surface area contributed by atoms with Crippen LogP contribution in [0.4, 0.5) is 9.18 Å². The molecule has 5 nitrogen and oxygen atoms in total. The number of terminal acetylenes is 1. The van der Waals surface area contributed by atoms with E-state index in [1.54, 1.807) is 30.0 Å². The second kappa shape index (κ2) is 8.09. The van der Waals surface area contributed by atoms with Crippen LogP contribution < -0.4 is 5.43 Å². The number of nitrogens with zero attached hydrogens (tertiary/aromatic N) is 2. The molecule has 1 N–H and O–H groups in total. The zero-order valence-corrected chi connectivity index (χ0v) is 15.4. The average Bonchev–Trinajstić information content (AvgIpc) is 3.13. The molecule has 0 spiro atoms. The van der Waals surface area contributed by atoms with E-state index in [1.807, 2.05) is 19.1 Å². The Morgan fingerprint density at radius 2 is 2.33 bits per heavy atom. The van der Waals surface area contributed by atoms with Crippen LogP contribution in [-0.2, 0) is 4.74 Å². The first-order chi connectivity index (χ1) is 13.0. The number of benzene rings is 1. The fraction of sp³-hybridized carbons (Fsp3) is 0.333. The van der Waals surface area contributed by atoms with Gasteiger partial charge in [0, 0.05) is 25.0 Å². The number of ether oxygens (including phenoxy) is 1. The second-order valence-electron chi connectivity index (χ2n) is 6.54. The van der Waals surface area contributed by atoms with Crippen molar-refractivity contribution >= 4 is 11.8 Å². The number of allylic oxidation sites excluding steroid dienone is 4. The van der Waals surface area contributed by atoms with Crippen LogP contribution in [0.25, 0.3) is 0 Å². The van der Waals surface area contributed by atoms with Gasteiger partial charge in [-0.15, -0.1) is 6.42 Å². The molecular formula is C21H22FN3O2. The molecule has 0 radical (unpaired) electrons. The van der Waals surface area contributed by atoms with E-state index in [0.717, 1.165) is 16.8 Å². The van der Waals surface area contributed by atoms with E-state index in [-0.39, 0.29) is 18.1 Å². The van der Waals surface area contributed by atoms with Crippen LogP contribution in [0, 0.1) is 25.1 Å². The number of carbonyl (C=O) groups is 1. The van der Waals surface area contributed by atoms with Crippen molar-refractivity contribution in [2.45, 2.75) is 39.0 Å². The maximum Gasteiger partial charge on any atom is 0.412 e. The molecule has 3 rings (SSSR count). The van der Waals surface area contributed by atoms with Crippen molar-refractivity contribution in [3.63, 3.8) is 0 Å². The normalized spacial score (nSPS) is 23.0. The Bertz CT molecular complexity index is 867. The molecule has 0 saturated carbocycles. The lowest BCUT2D eigenvalue weighted by atomic mass is 10.0. The predicted octanol–water partition coefficient (Wildman–Crippen LogP) is 3.83. The van der Waals surface area contributed by atoms with E-state index in [0.29, 0.717) is 24.9 Å². The van der Waals surface area contributed by atoms with Gasteiger partial charge in [0.2, 0.25) is 0 Å². The Kier molecular flexibility index (Phi) is 5.60. The Balaban J connectivity index is 1.64.